The van der Waals surface area contributed by atoms with Gasteiger partial charge in [-0.25, -0.2) is 0 Å². The summed E-state index contributed by atoms with van der Waals surface area (Å²) < 4.78 is 0. The fraction of sp³-hybridized carbons (Fsp3) is 0.657. The topological polar surface area (TPSA) is 24.7 Å². The molecule has 0 bridgehead atoms. The summed E-state index contributed by atoms with van der Waals surface area (Å²) in [4.78, 5) is 11.5. The number of unbranched alkanes of at least 4 members (excludes halogenated alkanes) is 21. The second-order valence-corrected chi connectivity index (χ2v) is 20.9. The quantitative estimate of drug-likeness (QED) is 0.0273. The van der Waals surface area contributed by atoms with Crippen LogP contribution in [0.3, 0.4) is 0 Å². The van der Waals surface area contributed by atoms with Crippen LogP contribution in [0.2, 0.25) is 0 Å². The van der Waals surface area contributed by atoms with Crippen molar-refractivity contribution in [1.82, 2.24) is 0 Å². The molecule has 0 aromatic heterocycles. The largest absolute Gasteiger partial charge is 0.252 e. The predicted octanol–water partition coefficient (Wildman–Crippen LogP) is 23.4. The molecule has 73 heavy (non-hydrogen) atoms. The fourth-order valence-corrected chi connectivity index (χ4v) is 10.1. The van der Waals surface area contributed by atoms with Crippen LogP contribution >= 0.6 is 0 Å². The predicted molar refractivity (Wildman–Crippen MR) is 328 cm³/mol. The summed E-state index contributed by atoms with van der Waals surface area (Å²) >= 11 is 0. The van der Waals surface area contributed by atoms with Crippen molar-refractivity contribution in [3.63, 3.8) is 0 Å². The molecule has 2 aromatic carbocycles. The number of aliphatic imine (C=N–C) groups is 2. The first-order valence-electron chi connectivity index (χ1n) is 31.2. The molecular formula is C70H114N2Ni. The van der Waals surface area contributed by atoms with Gasteiger partial charge in [-0.3, -0.25) is 9.98 Å². The summed E-state index contributed by atoms with van der Waals surface area (Å²) in [6.45, 7) is 16.2. The third kappa shape index (κ3) is 32.9. The van der Waals surface area contributed by atoms with Crippen LogP contribution in [0.25, 0.3) is 0 Å². The molecule has 0 saturated heterocycles. The summed E-state index contributed by atoms with van der Waals surface area (Å²) in [5, 5.41) is 0. The van der Waals surface area contributed by atoms with Gasteiger partial charge in [-0.15, -0.1) is 0 Å². The number of allylic oxidation sites excluding steroid dienone is 10. The van der Waals surface area contributed by atoms with Gasteiger partial charge in [0, 0.05) is 16.5 Å². The van der Waals surface area contributed by atoms with Crippen LogP contribution in [0, 0.1) is 0 Å². The van der Waals surface area contributed by atoms with Gasteiger partial charge in [-0.05, 0) is 188 Å². The maximum Gasteiger partial charge on any atom is 0.0703 e. The molecule has 0 aliphatic rings. The van der Waals surface area contributed by atoms with E-state index in [1.807, 2.05) is 0 Å². The van der Waals surface area contributed by atoms with E-state index < -0.39 is 0 Å². The Balaban J connectivity index is 0.0000266. The first-order chi connectivity index (χ1) is 35.6. The Bertz CT molecular complexity index is 1730. The van der Waals surface area contributed by atoms with Gasteiger partial charge in [0.1, 0.15) is 0 Å². The van der Waals surface area contributed by atoms with Crippen LogP contribution in [0.15, 0.2) is 101 Å². The van der Waals surface area contributed by atoms with Crippen molar-refractivity contribution in [1.29, 1.82) is 0 Å². The smallest absolute Gasteiger partial charge is 0.0703 e. The maximum atomic E-state index is 6.13. The van der Waals surface area contributed by atoms with E-state index in [9.17, 15) is 0 Å². The summed E-state index contributed by atoms with van der Waals surface area (Å²) in [5.41, 5.74) is 12.7. The van der Waals surface area contributed by atoms with E-state index >= 15 is 0 Å². The van der Waals surface area contributed by atoms with Crippen LogP contribution in [-0.2, 0) is 48.6 Å². The number of para-hydroxylation sites is 1. The van der Waals surface area contributed by atoms with E-state index in [2.05, 4.69) is 140 Å². The van der Waals surface area contributed by atoms with E-state index in [1.165, 1.54) is 172 Å². The van der Waals surface area contributed by atoms with E-state index in [0.29, 0.717) is 0 Å². The first-order valence-corrected chi connectivity index (χ1v) is 31.2. The number of benzene rings is 2. The van der Waals surface area contributed by atoms with Gasteiger partial charge in [-0.1, -0.05) is 230 Å². The fourth-order valence-electron chi connectivity index (χ4n) is 10.1. The molecular weight excluding hydrogens is 927 g/mol. The molecule has 0 spiro atoms. The third-order valence-corrected chi connectivity index (χ3v) is 14.5. The Hall–Kier alpha value is -3.03. The normalized spacial score (nSPS) is 12.6. The Kier molecular flexibility index (Phi) is 46.4. The third-order valence-electron chi connectivity index (χ3n) is 14.5. The number of hydrogen-bond donors (Lipinski definition) is 0. The van der Waals surface area contributed by atoms with Gasteiger partial charge < -0.3 is 0 Å². The van der Waals surface area contributed by atoms with E-state index in [4.69, 9.17) is 9.98 Å². The van der Waals surface area contributed by atoms with E-state index in [1.54, 1.807) is 27.8 Å². The molecule has 3 heteroatoms. The number of hydrogen-bond acceptors (Lipinski definition) is 2. The van der Waals surface area contributed by atoms with Crippen molar-refractivity contribution >= 4 is 22.8 Å². The Labute approximate surface area is 464 Å². The van der Waals surface area contributed by atoms with Crippen molar-refractivity contribution < 1.29 is 16.5 Å². The zero-order chi connectivity index (χ0) is 51.8. The van der Waals surface area contributed by atoms with Gasteiger partial charge in [0.2, 0.25) is 0 Å². The van der Waals surface area contributed by atoms with Crippen molar-refractivity contribution in [2.45, 2.75) is 299 Å². The standard InChI is InChI=1S/C70H114N2.Ni/c1-8-15-21-26-31-36-41-49-56-63-64(57-50-42-37-32-27-22-16-9-2)66(59-52-44-39-34-29-24-18-11-4)70(72-69(61-20-13-6)68(14-7)71-62-54-47-46-48-55-62)67(60-53-45-40-35-30-25-19-12-5)65(63)58-51-43-38-33-28-23-17-10-3;/h36-48,54-55H,8-35,49-53,56-61H2,1-7H3;/b41-36+,42-37+,43-38+,44-39+,45-40+,71-68+,72-69+;. The number of nitrogens with zero attached hydrogens (tertiary/aromatic N) is 2. The van der Waals surface area contributed by atoms with Gasteiger partial charge in [0.25, 0.3) is 0 Å². The summed E-state index contributed by atoms with van der Waals surface area (Å²) in [5.74, 6) is 0. The molecule has 2 nitrogen and oxygen atoms in total. The number of rotatable bonds is 47. The summed E-state index contributed by atoms with van der Waals surface area (Å²) in [6, 6.07) is 10.7. The Morgan fingerprint density at radius 3 is 0.932 bits per heavy atom. The Morgan fingerprint density at radius 2 is 0.616 bits per heavy atom. The van der Waals surface area contributed by atoms with Crippen molar-refractivity contribution in [3.05, 3.63) is 119 Å². The van der Waals surface area contributed by atoms with Crippen LogP contribution in [0.5, 0.6) is 0 Å². The van der Waals surface area contributed by atoms with E-state index in [-0.39, 0.29) is 16.5 Å². The minimum Gasteiger partial charge on any atom is -0.252 e. The second-order valence-electron chi connectivity index (χ2n) is 20.9. The molecule has 0 aliphatic carbocycles. The molecule has 0 aliphatic heterocycles. The van der Waals surface area contributed by atoms with Gasteiger partial charge in [-0.2, -0.15) is 0 Å². The van der Waals surface area contributed by atoms with Crippen LogP contribution < -0.4 is 0 Å². The van der Waals surface area contributed by atoms with Crippen molar-refractivity contribution in [3.8, 4) is 0 Å². The van der Waals surface area contributed by atoms with E-state index in [0.717, 1.165) is 101 Å². The molecule has 414 valence electrons. The molecule has 0 unspecified atom stereocenters. The maximum absolute atomic E-state index is 6.13. The van der Waals surface area contributed by atoms with Gasteiger partial charge in [0.05, 0.1) is 22.8 Å². The molecule has 0 amide bonds. The average Bonchev–Trinajstić information content (AvgIpc) is 3.40. The molecule has 0 N–H and O–H groups in total. The molecule has 2 aromatic rings. The van der Waals surface area contributed by atoms with Crippen LogP contribution in [0.4, 0.5) is 11.4 Å². The second kappa shape index (κ2) is 49.8. The molecule has 0 fully saturated rings. The summed E-state index contributed by atoms with van der Waals surface area (Å²) in [6.07, 6.45) is 72.4. The molecule has 2 rings (SSSR count). The molecule has 0 saturated carbocycles. The van der Waals surface area contributed by atoms with Gasteiger partial charge >= 0.3 is 0 Å². The van der Waals surface area contributed by atoms with Crippen molar-refractivity contribution in [2.24, 2.45) is 9.98 Å². The van der Waals surface area contributed by atoms with Crippen LogP contribution in [-0.4, -0.2) is 11.4 Å². The Morgan fingerprint density at radius 1 is 0.315 bits per heavy atom. The molecule has 0 atom stereocenters. The average molecular weight is 1040 g/mol. The zero-order valence-electron chi connectivity index (χ0n) is 48.9. The summed E-state index contributed by atoms with van der Waals surface area (Å²) in [7, 11) is 0. The first kappa shape index (κ1) is 68.0. The molecule has 0 heterocycles. The zero-order valence-corrected chi connectivity index (χ0v) is 49.9. The van der Waals surface area contributed by atoms with Gasteiger partial charge in [0.15, 0.2) is 0 Å². The molecule has 0 radical (unpaired) electrons. The minimum absolute atomic E-state index is 0. The minimum atomic E-state index is 0. The monoisotopic (exact) mass is 1040 g/mol. The van der Waals surface area contributed by atoms with Crippen molar-refractivity contribution in [2.75, 3.05) is 0 Å². The van der Waals surface area contributed by atoms with Crippen LogP contribution in [0.1, 0.15) is 295 Å². The SMILES string of the molecule is CCCCCC/C=C/CCc1c(CC/C=C/CCCCCC)c(CC/C=C/CCCCCC)c(/N=C(CCCC)/C(CC)=N/c2ccccc2)c(CC/C=C/CCCCCC)c1CC/C=C/CCCCCC.[Ni].